The Bertz CT molecular complexity index is 1140. The molecule has 1 aromatic carbocycles. The van der Waals surface area contributed by atoms with Crippen LogP contribution in [0.5, 0.6) is 0 Å². The first kappa shape index (κ1) is 27.1. The molecule has 4 atom stereocenters. The van der Waals surface area contributed by atoms with Crippen LogP contribution in [0.1, 0.15) is 17.0 Å². The normalized spacial score (nSPS) is 17.7. The number of nitrogens with zero attached hydrogens (tertiary/aromatic N) is 6. The summed E-state index contributed by atoms with van der Waals surface area (Å²) in [5, 5.41) is 64.4. The van der Waals surface area contributed by atoms with Crippen molar-refractivity contribution in [3.63, 3.8) is 0 Å². The maximum Gasteiger partial charge on any atom is 0.322 e. The summed E-state index contributed by atoms with van der Waals surface area (Å²) in [7, 11) is 1.59. The van der Waals surface area contributed by atoms with Crippen molar-refractivity contribution in [2.45, 2.75) is 38.4 Å². The number of nitrogens with one attached hydrogen (secondary N) is 1. The molecule has 6 N–H and O–H groups in total. The molecule has 1 aromatic heterocycles. The zero-order chi connectivity index (χ0) is 26.6. The number of aliphatic carboxylic acids is 1. The van der Waals surface area contributed by atoms with Gasteiger partial charge in [-0.25, -0.2) is 9.67 Å². The molecular weight excluding hydrogens is 478 g/mol. The number of rotatable bonds is 11. The molecule has 36 heavy (non-hydrogen) atoms. The first-order valence-electron chi connectivity index (χ1n) is 11.0. The van der Waals surface area contributed by atoms with Gasteiger partial charge in [-0.05, 0) is 47.5 Å². The molecule has 0 aliphatic carbocycles. The molecule has 15 nitrogen and oxygen atoms in total. The van der Waals surface area contributed by atoms with Gasteiger partial charge in [-0.3, -0.25) is 9.59 Å². The van der Waals surface area contributed by atoms with Crippen molar-refractivity contribution in [1.82, 2.24) is 25.5 Å². The molecule has 0 saturated heterocycles. The van der Waals surface area contributed by atoms with Gasteiger partial charge >= 0.3 is 5.97 Å². The molecule has 2 aromatic rings. The number of carbonyl (C=O) groups is 2. The molecule has 0 saturated carbocycles. The zero-order valence-corrected chi connectivity index (χ0v) is 19.9. The highest BCUT2D eigenvalue weighted by Gasteiger charge is 2.36. The molecule has 0 spiro atoms. The lowest BCUT2D eigenvalue weighted by molar-refractivity contribution is -0.139. The smallest absolute Gasteiger partial charge is 0.322 e. The summed E-state index contributed by atoms with van der Waals surface area (Å²) < 4.78 is 6.34. The highest BCUT2D eigenvalue weighted by atomic mass is 16.5. The van der Waals surface area contributed by atoms with Crippen LogP contribution in [0.3, 0.4) is 0 Å². The van der Waals surface area contributed by atoms with Gasteiger partial charge in [0.2, 0.25) is 11.7 Å². The fourth-order valence-electron chi connectivity index (χ4n) is 3.54. The van der Waals surface area contributed by atoms with Crippen LogP contribution >= 0.6 is 0 Å². The van der Waals surface area contributed by atoms with Gasteiger partial charge in [-0.1, -0.05) is 0 Å². The Labute approximate surface area is 205 Å². The standard InChI is InChI=1S/C21H29N7O8/c1-10-4-12-13(5-11(10)2)28(21(35)18(23-12)20-24-25-26-27(20)3)7-14(29)19(34)15(30)8-36-9-16(31)22-6-17(32)33/h4-5,14-15,19,21,29-30,34-35H,6-9H2,1-3H3,(H,22,31)(H,32,33)/t14-,15+,19-,21?/m0/s1. The Hall–Kier alpha value is -3.50. The predicted octanol–water partition coefficient (Wildman–Crippen LogP) is -2.61. The number of carboxylic acid groups (broad SMARTS) is 1. The maximum atomic E-state index is 11.5. The fourth-order valence-corrected chi connectivity index (χ4v) is 3.54. The lowest BCUT2D eigenvalue weighted by atomic mass is 10.0. The van der Waals surface area contributed by atoms with Crippen LogP contribution in [0.4, 0.5) is 11.4 Å². The number of aliphatic hydroxyl groups excluding tert-OH is 4. The molecule has 15 heteroatoms. The highest BCUT2D eigenvalue weighted by Crippen LogP contribution is 2.37. The Morgan fingerprint density at radius 2 is 1.86 bits per heavy atom. The van der Waals surface area contributed by atoms with E-state index in [-0.39, 0.29) is 18.1 Å². The van der Waals surface area contributed by atoms with Crippen LogP contribution in [0, 0.1) is 13.8 Å². The van der Waals surface area contributed by atoms with Crippen molar-refractivity contribution in [3.8, 4) is 0 Å². The third kappa shape index (κ3) is 6.19. The molecular formula is C21H29N7O8. The maximum absolute atomic E-state index is 11.5. The van der Waals surface area contributed by atoms with E-state index in [2.05, 4.69) is 25.8 Å². The number of fused-ring (bicyclic) bond motifs is 1. The van der Waals surface area contributed by atoms with E-state index < -0.39 is 56.2 Å². The molecule has 0 bridgehead atoms. The van der Waals surface area contributed by atoms with E-state index in [0.29, 0.717) is 11.4 Å². The Morgan fingerprint density at radius 1 is 1.17 bits per heavy atom. The van der Waals surface area contributed by atoms with Gasteiger partial charge in [0.05, 0.1) is 18.0 Å². The summed E-state index contributed by atoms with van der Waals surface area (Å²) in [6.45, 7) is 1.84. The number of aryl methyl sites for hydroxylation is 3. The Morgan fingerprint density at radius 3 is 2.50 bits per heavy atom. The number of carbonyl (C=O) groups excluding carboxylic acids is 1. The Balaban J connectivity index is 1.72. The molecule has 0 fully saturated rings. The number of ether oxygens (including phenoxy) is 1. The monoisotopic (exact) mass is 507 g/mol. The SMILES string of the molecule is Cc1cc2c(cc1C)N(C[C@H](O)[C@H](O)[C@H](O)COCC(=O)NCC(=O)O)C(O)C(c1nnnn1C)=N2. The predicted molar refractivity (Wildman–Crippen MR) is 124 cm³/mol. The van der Waals surface area contributed by atoms with Gasteiger partial charge in [0.15, 0.2) is 6.23 Å². The number of aliphatic hydroxyl groups is 4. The van der Waals surface area contributed by atoms with Crippen LogP contribution in [0.15, 0.2) is 17.1 Å². The lowest BCUT2D eigenvalue weighted by Gasteiger charge is -2.37. The molecule has 1 aliphatic heterocycles. The average Bonchev–Trinajstić information content (AvgIpc) is 3.25. The molecule has 1 aliphatic rings. The first-order valence-corrected chi connectivity index (χ1v) is 11.0. The van der Waals surface area contributed by atoms with Crippen molar-refractivity contribution in [2.75, 3.05) is 31.2 Å². The number of tetrazole rings is 1. The van der Waals surface area contributed by atoms with Crippen molar-refractivity contribution >= 4 is 29.0 Å². The van der Waals surface area contributed by atoms with E-state index in [1.807, 2.05) is 19.9 Å². The molecule has 196 valence electrons. The van der Waals surface area contributed by atoms with Crippen LogP contribution in [-0.4, -0.2) is 114 Å². The second-order valence-electron chi connectivity index (χ2n) is 8.39. The number of hydrogen-bond acceptors (Lipinski definition) is 12. The van der Waals surface area contributed by atoms with E-state index in [4.69, 9.17) is 9.84 Å². The third-order valence-electron chi connectivity index (χ3n) is 5.66. The molecule has 0 radical (unpaired) electrons. The zero-order valence-electron chi connectivity index (χ0n) is 19.9. The summed E-state index contributed by atoms with van der Waals surface area (Å²) in [4.78, 5) is 27.9. The van der Waals surface area contributed by atoms with E-state index in [9.17, 15) is 30.0 Å². The minimum Gasteiger partial charge on any atom is -0.480 e. The molecule has 1 amide bonds. The van der Waals surface area contributed by atoms with E-state index >= 15 is 0 Å². The van der Waals surface area contributed by atoms with E-state index in [1.165, 1.54) is 9.58 Å². The van der Waals surface area contributed by atoms with Crippen LogP contribution in [0.25, 0.3) is 0 Å². The van der Waals surface area contributed by atoms with Crippen molar-refractivity contribution < 1.29 is 39.9 Å². The first-order chi connectivity index (χ1) is 17.0. The van der Waals surface area contributed by atoms with Crippen molar-refractivity contribution in [2.24, 2.45) is 12.0 Å². The van der Waals surface area contributed by atoms with E-state index in [0.717, 1.165) is 11.1 Å². The molecule has 3 rings (SSSR count). The van der Waals surface area contributed by atoms with Crippen molar-refractivity contribution in [3.05, 3.63) is 29.1 Å². The van der Waals surface area contributed by atoms with E-state index in [1.54, 1.807) is 13.1 Å². The Kier molecular flexibility index (Phi) is 8.65. The number of amides is 1. The second kappa shape index (κ2) is 11.5. The van der Waals surface area contributed by atoms with Crippen LogP contribution in [0.2, 0.25) is 0 Å². The number of aromatic nitrogens is 4. The minimum absolute atomic E-state index is 0.135. The van der Waals surface area contributed by atoms with Gasteiger partial charge in [0.25, 0.3) is 0 Å². The summed E-state index contributed by atoms with van der Waals surface area (Å²) in [6, 6.07) is 3.60. The second-order valence-corrected chi connectivity index (χ2v) is 8.39. The van der Waals surface area contributed by atoms with Gasteiger partial charge in [-0.2, -0.15) is 0 Å². The van der Waals surface area contributed by atoms with Gasteiger partial charge < -0.3 is 40.5 Å². The molecule has 1 unspecified atom stereocenters. The number of aliphatic imine (C=N–C) groups is 1. The average molecular weight is 508 g/mol. The third-order valence-corrected chi connectivity index (χ3v) is 5.66. The minimum atomic E-state index is -1.70. The number of benzene rings is 1. The topological polar surface area (TPSA) is 216 Å². The highest BCUT2D eigenvalue weighted by molar-refractivity contribution is 6.06. The number of anilines is 1. The quantitative estimate of drug-likeness (QED) is 0.184. The largest absolute Gasteiger partial charge is 0.480 e. The van der Waals surface area contributed by atoms with Crippen molar-refractivity contribution in [1.29, 1.82) is 0 Å². The number of hydrogen-bond donors (Lipinski definition) is 6. The molecule has 2 heterocycles. The van der Waals surface area contributed by atoms with Gasteiger partial charge in [0.1, 0.15) is 37.2 Å². The van der Waals surface area contributed by atoms with Crippen LogP contribution < -0.4 is 10.2 Å². The fraction of sp³-hybridized carbons (Fsp3) is 0.524. The van der Waals surface area contributed by atoms with Gasteiger partial charge in [-0.15, -0.1) is 5.10 Å². The van der Waals surface area contributed by atoms with Gasteiger partial charge in [0, 0.05) is 13.6 Å². The summed E-state index contributed by atoms with van der Waals surface area (Å²) in [5.74, 6) is -1.73. The summed E-state index contributed by atoms with van der Waals surface area (Å²) >= 11 is 0. The number of β-amino-alcohol motifs (C(OH)–C–C–N with tert-alkyl or cyclic N) is 1. The lowest BCUT2D eigenvalue weighted by Crippen LogP contribution is -2.52. The summed E-state index contributed by atoms with van der Waals surface area (Å²) in [6.07, 6.45) is -6.21. The number of carboxylic acids is 1. The van der Waals surface area contributed by atoms with Crippen LogP contribution in [-0.2, 0) is 21.4 Å². The summed E-state index contributed by atoms with van der Waals surface area (Å²) in [5.41, 5.74) is 2.99.